The molecule has 0 aliphatic carbocycles. The van der Waals surface area contributed by atoms with Crippen molar-refractivity contribution in [2.45, 2.75) is 40.2 Å². The molecule has 1 aromatic heterocycles. The lowest BCUT2D eigenvalue weighted by Gasteiger charge is -2.32. The van der Waals surface area contributed by atoms with Crippen LogP contribution in [-0.2, 0) is 18.2 Å². The molecule has 0 radical (unpaired) electrons. The van der Waals surface area contributed by atoms with Gasteiger partial charge in [0.05, 0.1) is 19.9 Å². The number of aromatic nitrogens is 2. The molecule has 2 rings (SSSR count). The first-order valence-corrected chi connectivity index (χ1v) is 7.43. The lowest BCUT2D eigenvalue weighted by atomic mass is 10.3. The number of anilines is 1. The predicted octanol–water partition coefficient (Wildman–Crippen LogP) is 2.18. The number of hydrogen-bond donors (Lipinski definition) is 0. The number of hydrogen-bond acceptors (Lipinski definition) is 4. The summed E-state index contributed by atoms with van der Waals surface area (Å²) in [5.41, 5.74) is 0.855. The fourth-order valence-electron chi connectivity index (χ4n) is 2.04. The fraction of sp³-hybridized carbons (Fsp3) is 0.733. The first-order valence-electron chi connectivity index (χ1n) is 7.43. The van der Waals surface area contributed by atoms with Crippen molar-refractivity contribution in [3.63, 3.8) is 0 Å². The van der Waals surface area contributed by atoms with Crippen molar-refractivity contribution in [1.29, 1.82) is 0 Å². The van der Waals surface area contributed by atoms with Crippen LogP contribution in [0.5, 0.6) is 0 Å². The number of morpholine rings is 1. The quantitative estimate of drug-likeness (QED) is 0.840. The number of rotatable bonds is 2. The van der Waals surface area contributed by atoms with E-state index in [1.54, 1.807) is 17.7 Å². The molecule has 21 heavy (non-hydrogen) atoms. The Bertz CT molecular complexity index is 463. The molecule has 0 aromatic carbocycles. The first kappa shape index (κ1) is 19.6. The monoisotopic (exact) mass is 301 g/mol. The van der Waals surface area contributed by atoms with Crippen LogP contribution in [-0.4, -0.2) is 42.5 Å². The highest BCUT2D eigenvalue weighted by Crippen LogP contribution is 2.13. The van der Waals surface area contributed by atoms with Crippen LogP contribution < -0.4 is 10.5 Å². The van der Waals surface area contributed by atoms with Gasteiger partial charge in [-0.2, -0.15) is 0 Å². The summed E-state index contributed by atoms with van der Waals surface area (Å²) in [6, 6.07) is 1.60. The summed E-state index contributed by atoms with van der Waals surface area (Å²) in [6.45, 7) is 10.3. The highest BCUT2D eigenvalue weighted by molar-refractivity contribution is 5.33. The van der Waals surface area contributed by atoms with Gasteiger partial charge in [-0.25, -0.2) is 4.98 Å². The second kappa shape index (κ2) is 10.3. The van der Waals surface area contributed by atoms with Gasteiger partial charge in [0.1, 0.15) is 0 Å². The third-order valence-corrected chi connectivity index (χ3v) is 3.05. The maximum Gasteiger partial charge on any atom is 0.254 e. The van der Waals surface area contributed by atoms with Crippen molar-refractivity contribution < 1.29 is 9.13 Å². The highest BCUT2D eigenvalue weighted by Gasteiger charge is 2.20. The summed E-state index contributed by atoms with van der Waals surface area (Å²) in [6.07, 6.45) is 0.967. The maximum absolute atomic E-state index is 11.8. The molecule has 122 valence electrons. The van der Waals surface area contributed by atoms with Crippen LogP contribution in [0, 0.1) is 0 Å². The molecule has 2 heterocycles. The summed E-state index contributed by atoms with van der Waals surface area (Å²) in [7, 11) is 2.27. The average Bonchev–Trinajstić information content (AvgIpc) is 2.53. The van der Waals surface area contributed by atoms with Crippen LogP contribution in [0.25, 0.3) is 0 Å². The van der Waals surface area contributed by atoms with Gasteiger partial charge in [0.2, 0.25) is 5.95 Å². The molecule has 1 saturated heterocycles. The molecule has 0 amide bonds. The van der Waals surface area contributed by atoms with Crippen molar-refractivity contribution in [3.8, 4) is 0 Å². The van der Waals surface area contributed by atoms with Gasteiger partial charge in [-0.05, 0) is 13.3 Å². The maximum atomic E-state index is 11.8. The van der Waals surface area contributed by atoms with Crippen LogP contribution >= 0.6 is 0 Å². The highest BCUT2D eigenvalue weighted by atomic mass is 19.1. The molecule has 1 aliphatic rings. The molecule has 0 N–H and O–H groups in total. The fourth-order valence-corrected chi connectivity index (χ4v) is 2.04. The zero-order valence-corrected chi connectivity index (χ0v) is 14.0. The van der Waals surface area contributed by atoms with Crippen LogP contribution in [0.1, 0.15) is 33.4 Å². The smallest absolute Gasteiger partial charge is 0.254 e. The molecule has 0 saturated carbocycles. The molecule has 6 heteroatoms. The Labute approximate surface area is 126 Å². The van der Waals surface area contributed by atoms with E-state index in [2.05, 4.69) is 9.88 Å². The molecule has 5 nitrogen and oxygen atoms in total. The lowest BCUT2D eigenvalue weighted by molar-refractivity contribution is 0.0523. The van der Waals surface area contributed by atoms with Crippen LogP contribution in [0.3, 0.4) is 0 Å². The van der Waals surface area contributed by atoms with E-state index < -0.39 is 0 Å². The largest absolute Gasteiger partial charge is 0.375 e. The summed E-state index contributed by atoms with van der Waals surface area (Å²) in [4.78, 5) is 18.5. The van der Waals surface area contributed by atoms with Gasteiger partial charge < -0.3 is 9.64 Å². The van der Waals surface area contributed by atoms with Gasteiger partial charge in [0.25, 0.3) is 5.56 Å². The summed E-state index contributed by atoms with van der Waals surface area (Å²) >= 11 is 0. The molecule has 1 atom stereocenters. The van der Waals surface area contributed by atoms with E-state index in [0.29, 0.717) is 13.8 Å². The lowest BCUT2D eigenvalue weighted by Crippen LogP contribution is -2.44. The van der Waals surface area contributed by atoms with E-state index in [1.807, 2.05) is 27.7 Å². The van der Waals surface area contributed by atoms with Crippen molar-refractivity contribution >= 4 is 5.95 Å². The van der Waals surface area contributed by atoms with E-state index in [4.69, 9.17) is 4.74 Å². The molecular weight excluding hydrogens is 273 g/mol. The Hall–Kier alpha value is -1.43. The number of alkyl halides is 1. The van der Waals surface area contributed by atoms with Gasteiger partial charge in [-0.15, -0.1) is 0 Å². The molecule has 1 aliphatic heterocycles. The van der Waals surface area contributed by atoms with Crippen molar-refractivity contribution in [2.75, 3.05) is 31.8 Å². The zero-order chi connectivity index (χ0) is 16.4. The number of halogens is 1. The summed E-state index contributed by atoms with van der Waals surface area (Å²) < 4.78 is 16.6. The van der Waals surface area contributed by atoms with E-state index in [1.165, 1.54) is 0 Å². The predicted molar refractivity (Wildman–Crippen MR) is 84.9 cm³/mol. The second-order valence-electron chi connectivity index (χ2n) is 4.43. The van der Waals surface area contributed by atoms with E-state index in [0.717, 1.165) is 31.2 Å². The first-order chi connectivity index (χ1) is 10.1. The SMILES string of the molecule is CC.CCc1cc(=O)n(C)c(N2CCOC(C)C2)n1.CF. The van der Waals surface area contributed by atoms with E-state index in [9.17, 15) is 9.18 Å². The van der Waals surface area contributed by atoms with E-state index >= 15 is 0 Å². The van der Waals surface area contributed by atoms with Gasteiger partial charge in [0.15, 0.2) is 0 Å². The number of aryl methyl sites for hydroxylation is 1. The Balaban J connectivity index is 0.000000921. The third-order valence-electron chi connectivity index (χ3n) is 3.05. The van der Waals surface area contributed by atoms with Crippen LogP contribution in [0.15, 0.2) is 10.9 Å². The molecular formula is C15H28FN3O2. The van der Waals surface area contributed by atoms with Gasteiger partial charge in [0, 0.05) is 31.9 Å². The topological polar surface area (TPSA) is 47.4 Å². The van der Waals surface area contributed by atoms with Gasteiger partial charge >= 0.3 is 0 Å². The second-order valence-corrected chi connectivity index (χ2v) is 4.43. The molecule has 1 unspecified atom stereocenters. The Morgan fingerprint density at radius 2 is 2.05 bits per heavy atom. The van der Waals surface area contributed by atoms with Gasteiger partial charge in [-0.3, -0.25) is 13.8 Å². The van der Waals surface area contributed by atoms with Crippen LogP contribution in [0.2, 0.25) is 0 Å². The van der Waals surface area contributed by atoms with Crippen LogP contribution in [0.4, 0.5) is 10.3 Å². The minimum absolute atomic E-state index is 0.00555. The zero-order valence-electron chi connectivity index (χ0n) is 14.0. The minimum atomic E-state index is 0.00555. The Kier molecular flexibility index (Phi) is 9.62. The number of ether oxygens (including phenoxy) is 1. The van der Waals surface area contributed by atoms with E-state index in [-0.39, 0.29) is 11.7 Å². The third kappa shape index (κ3) is 5.46. The summed E-state index contributed by atoms with van der Waals surface area (Å²) in [5, 5.41) is 0. The average molecular weight is 301 g/mol. The normalized spacial score (nSPS) is 17.3. The molecule has 1 aromatic rings. The standard InChI is InChI=1S/C12H19N3O2.C2H6.CH3F/c1-4-10-7-11(16)14(3)12(13-10)15-5-6-17-9(2)8-15;2*1-2/h7,9H,4-6,8H2,1-3H3;1-2H3;1H3. The molecule has 0 bridgehead atoms. The summed E-state index contributed by atoms with van der Waals surface area (Å²) in [5.74, 6) is 0.754. The Morgan fingerprint density at radius 3 is 2.57 bits per heavy atom. The van der Waals surface area contributed by atoms with Crippen molar-refractivity contribution in [3.05, 3.63) is 22.1 Å². The molecule has 0 spiro atoms. The number of nitrogens with zero attached hydrogens (tertiary/aromatic N) is 3. The van der Waals surface area contributed by atoms with Gasteiger partial charge in [-0.1, -0.05) is 20.8 Å². The molecule has 1 fully saturated rings. The van der Waals surface area contributed by atoms with Crippen molar-refractivity contribution in [2.24, 2.45) is 7.05 Å². The van der Waals surface area contributed by atoms with Crippen molar-refractivity contribution in [1.82, 2.24) is 9.55 Å². The minimum Gasteiger partial charge on any atom is -0.375 e. The Morgan fingerprint density at radius 1 is 1.43 bits per heavy atom.